The minimum absolute atomic E-state index is 0.277. The number of amides is 1. The third-order valence-electron chi connectivity index (χ3n) is 4.40. The number of para-hydroxylation sites is 2. The van der Waals surface area contributed by atoms with Gasteiger partial charge in [0.25, 0.3) is 5.91 Å². The molecule has 0 bridgehead atoms. The number of aryl methyl sites for hydroxylation is 1. The van der Waals surface area contributed by atoms with E-state index >= 15 is 0 Å². The fourth-order valence-corrected chi connectivity index (χ4v) is 3.90. The van der Waals surface area contributed by atoms with Gasteiger partial charge in [0, 0.05) is 6.20 Å². The molecule has 0 saturated heterocycles. The zero-order valence-corrected chi connectivity index (χ0v) is 17.8. The van der Waals surface area contributed by atoms with Crippen LogP contribution in [0.5, 0.6) is 11.5 Å². The summed E-state index contributed by atoms with van der Waals surface area (Å²) in [6.45, 7) is 2.60. The van der Waals surface area contributed by atoms with Crippen LogP contribution in [0.1, 0.15) is 16.1 Å². The molecule has 4 aromatic rings. The molecule has 0 atom stereocenters. The number of carbonyl (C=O) groups is 1. The number of rotatable bonds is 8. The van der Waals surface area contributed by atoms with Crippen molar-refractivity contribution in [1.29, 1.82) is 0 Å². The number of pyridine rings is 1. The Balaban J connectivity index is 1.40. The maximum absolute atomic E-state index is 12.9. The molecule has 0 unspecified atom stereocenters. The topological polar surface area (TPSA) is 73.3 Å². The number of nitrogens with one attached hydrogen (secondary N) is 1. The van der Waals surface area contributed by atoms with Gasteiger partial charge in [-0.2, -0.15) is 0 Å². The lowest BCUT2D eigenvalue weighted by Gasteiger charge is -2.11. The number of carbonyl (C=O) groups excluding carboxylic acids is 1. The molecule has 1 amide bonds. The van der Waals surface area contributed by atoms with Crippen molar-refractivity contribution in [2.45, 2.75) is 6.92 Å². The molecule has 2 aromatic carbocycles. The fraction of sp³-hybridized carbons (Fsp3) is 0.125. The van der Waals surface area contributed by atoms with Gasteiger partial charge in [-0.25, -0.2) is 4.98 Å². The predicted molar refractivity (Wildman–Crippen MR) is 122 cm³/mol. The maximum atomic E-state index is 12.9. The number of nitrogens with zero attached hydrogens (tertiary/aromatic N) is 2. The quantitative estimate of drug-likeness (QED) is 0.387. The lowest BCUT2D eigenvalue weighted by Crippen LogP contribution is -2.15. The van der Waals surface area contributed by atoms with Crippen molar-refractivity contribution in [3.63, 3.8) is 0 Å². The first-order valence-corrected chi connectivity index (χ1v) is 10.6. The molecular formula is C24H21N3O3S. The van der Waals surface area contributed by atoms with Crippen LogP contribution in [-0.4, -0.2) is 29.1 Å². The number of aromatic nitrogens is 2. The van der Waals surface area contributed by atoms with Crippen LogP contribution in [0.2, 0.25) is 0 Å². The second-order valence-electron chi connectivity index (χ2n) is 6.61. The van der Waals surface area contributed by atoms with Crippen molar-refractivity contribution < 1.29 is 14.3 Å². The third-order valence-corrected chi connectivity index (χ3v) is 5.49. The summed E-state index contributed by atoms with van der Waals surface area (Å²) in [7, 11) is 0. The Bertz CT molecular complexity index is 1150. The van der Waals surface area contributed by atoms with Gasteiger partial charge in [0.2, 0.25) is 0 Å². The van der Waals surface area contributed by atoms with E-state index in [9.17, 15) is 4.79 Å². The van der Waals surface area contributed by atoms with Crippen LogP contribution in [0.3, 0.4) is 0 Å². The highest BCUT2D eigenvalue weighted by Crippen LogP contribution is 2.32. The number of anilines is 1. The highest BCUT2D eigenvalue weighted by Gasteiger charge is 2.16. The van der Waals surface area contributed by atoms with Crippen molar-refractivity contribution in [3.8, 4) is 22.1 Å². The summed E-state index contributed by atoms with van der Waals surface area (Å²) in [6.07, 6.45) is 1.74. The summed E-state index contributed by atoms with van der Waals surface area (Å²) in [5.41, 5.74) is 2.09. The Morgan fingerprint density at radius 1 is 0.935 bits per heavy atom. The van der Waals surface area contributed by atoms with E-state index in [0.29, 0.717) is 29.7 Å². The fourth-order valence-electron chi connectivity index (χ4n) is 2.96. The van der Waals surface area contributed by atoms with Crippen molar-refractivity contribution in [2.24, 2.45) is 0 Å². The van der Waals surface area contributed by atoms with Gasteiger partial charge in [0.15, 0.2) is 5.13 Å². The van der Waals surface area contributed by atoms with E-state index in [1.54, 1.807) is 24.4 Å². The Labute approximate surface area is 184 Å². The van der Waals surface area contributed by atoms with Gasteiger partial charge in [-0.15, -0.1) is 0 Å². The number of ether oxygens (including phenoxy) is 2. The summed E-state index contributed by atoms with van der Waals surface area (Å²) in [5, 5.41) is 3.39. The molecule has 0 aliphatic heterocycles. The minimum Gasteiger partial charge on any atom is -0.490 e. The number of hydrogen-bond donors (Lipinski definition) is 1. The second-order valence-corrected chi connectivity index (χ2v) is 7.61. The molecule has 4 rings (SSSR count). The third kappa shape index (κ3) is 5.26. The van der Waals surface area contributed by atoms with Gasteiger partial charge in [0.05, 0.1) is 21.8 Å². The van der Waals surface area contributed by atoms with E-state index in [1.807, 2.05) is 61.5 Å². The Kier molecular flexibility index (Phi) is 6.54. The summed E-state index contributed by atoms with van der Waals surface area (Å²) in [6, 6.07) is 22.4. The molecule has 0 radical (unpaired) electrons. The van der Waals surface area contributed by atoms with Crippen LogP contribution in [0.25, 0.3) is 10.6 Å². The molecule has 0 spiro atoms. The smallest absolute Gasteiger partial charge is 0.261 e. The normalized spacial score (nSPS) is 10.5. The first-order valence-electron chi connectivity index (χ1n) is 9.80. The van der Waals surface area contributed by atoms with Crippen LogP contribution in [0, 0.1) is 6.92 Å². The summed E-state index contributed by atoms with van der Waals surface area (Å²) in [5.74, 6) is 0.996. The first-order chi connectivity index (χ1) is 15.2. The zero-order chi connectivity index (χ0) is 21.5. The van der Waals surface area contributed by atoms with Gasteiger partial charge in [0.1, 0.15) is 24.7 Å². The Hall–Kier alpha value is -3.71. The lowest BCUT2D eigenvalue weighted by molar-refractivity contribution is 0.102. The molecule has 0 fully saturated rings. The molecule has 156 valence electrons. The van der Waals surface area contributed by atoms with E-state index in [4.69, 9.17) is 9.47 Å². The van der Waals surface area contributed by atoms with Gasteiger partial charge in [-0.05, 0) is 43.3 Å². The average Bonchev–Trinajstić information content (AvgIpc) is 3.18. The van der Waals surface area contributed by atoms with Gasteiger partial charge < -0.3 is 9.47 Å². The molecule has 0 aliphatic carbocycles. The zero-order valence-electron chi connectivity index (χ0n) is 16.9. The van der Waals surface area contributed by atoms with E-state index < -0.39 is 0 Å². The SMILES string of the molecule is Cc1nc(NC(=O)c2ccccc2OCCOc2ccccc2)sc1-c1ccccn1. The maximum Gasteiger partial charge on any atom is 0.261 e. The highest BCUT2D eigenvalue weighted by molar-refractivity contribution is 7.19. The number of benzene rings is 2. The van der Waals surface area contributed by atoms with Gasteiger partial charge >= 0.3 is 0 Å². The largest absolute Gasteiger partial charge is 0.490 e. The summed E-state index contributed by atoms with van der Waals surface area (Å²) >= 11 is 1.39. The molecule has 0 saturated carbocycles. The van der Waals surface area contributed by atoms with Crippen LogP contribution in [-0.2, 0) is 0 Å². The van der Waals surface area contributed by atoms with Gasteiger partial charge in [-0.1, -0.05) is 47.7 Å². The van der Waals surface area contributed by atoms with E-state index in [0.717, 1.165) is 22.0 Å². The summed E-state index contributed by atoms with van der Waals surface area (Å²) < 4.78 is 11.4. The lowest BCUT2D eigenvalue weighted by atomic mass is 10.2. The number of hydrogen-bond acceptors (Lipinski definition) is 6. The van der Waals surface area contributed by atoms with Crippen LogP contribution >= 0.6 is 11.3 Å². The van der Waals surface area contributed by atoms with Crippen molar-refractivity contribution in [2.75, 3.05) is 18.5 Å². The van der Waals surface area contributed by atoms with E-state index in [-0.39, 0.29) is 5.91 Å². The molecule has 2 heterocycles. The molecule has 0 aliphatic rings. The van der Waals surface area contributed by atoms with Crippen LogP contribution < -0.4 is 14.8 Å². The average molecular weight is 432 g/mol. The molecule has 1 N–H and O–H groups in total. The van der Waals surface area contributed by atoms with Gasteiger partial charge in [-0.3, -0.25) is 15.1 Å². The number of thiazole rings is 1. The molecule has 6 nitrogen and oxygen atoms in total. The standard InChI is InChI=1S/C24H21N3O3S/c1-17-22(20-12-7-8-14-25-20)31-24(26-17)27-23(28)19-11-5-6-13-21(19)30-16-15-29-18-9-3-2-4-10-18/h2-14H,15-16H2,1H3,(H,26,27,28). The predicted octanol–water partition coefficient (Wildman–Crippen LogP) is 5.22. The van der Waals surface area contributed by atoms with Crippen LogP contribution in [0.15, 0.2) is 79.0 Å². The molecular weight excluding hydrogens is 410 g/mol. The second kappa shape index (κ2) is 9.86. The minimum atomic E-state index is -0.277. The van der Waals surface area contributed by atoms with E-state index in [2.05, 4.69) is 15.3 Å². The first kappa shape index (κ1) is 20.6. The van der Waals surface area contributed by atoms with Crippen LogP contribution in [0.4, 0.5) is 5.13 Å². The monoisotopic (exact) mass is 431 g/mol. The van der Waals surface area contributed by atoms with Crippen molar-refractivity contribution in [3.05, 3.63) is 90.3 Å². The van der Waals surface area contributed by atoms with E-state index in [1.165, 1.54) is 11.3 Å². The Morgan fingerprint density at radius 2 is 1.68 bits per heavy atom. The highest BCUT2D eigenvalue weighted by atomic mass is 32.1. The summed E-state index contributed by atoms with van der Waals surface area (Å²) in [4.78, 5) is 22.6. The molecule has 31 heavy (non-hydrogen) atoms. The van der Waals surface area contributed by atoms with Crippen molar-refractivity contribution in [1.82, 2.24) is 9.97 Å². The molecule has 2 aromatic heterocycles. The molecule has 7 heteroatoms. The van der Waals surface area contributed by atoms with Crippen molar-refractivity contribution >= 4 is 22.4 Å². The Morgan fingerprint density at radius 3 is 2.48 bits per heavy atom.